The maximum absolute atomic E-state index is 8.64. The van der Waals surface area contributed by atoms with Crippen LogP contribution in [-0.2, 0) is 6.42 Å². The number of hydrogen-bond acceptors (Lipinski definition) is 2. The highest BCUT2D eigenvalue weighted by Gasteiger charge is 1.96. The minimum atomic E-state index is 0.153. The number of aryl methyl sites for hydroxylation is 1. The highest BCUT2D eigenvalue weighted by Crippen LogP contribution is 2.10. The first-order valence-electron chi connectivity index (χ1n) is 3.46. The Hall–Kier alpha value is -0.600. The Labute approximate surface area is 70.8 Å². The highest BCUT2D eigenvalue weighted by atomic mass is 35.5. The van der Waals surface area contributed by atoms with Crippen LogP contribution in [0.2, 0.25) is 5.15 Å². The number of hydrogen-bond donors (Lipinski definition) is 1. The predicted molar refractivity (Wildman–Crippen MR) is 44.8 cm³/mol. The molecule has 3 heteroatoms. The third kappa shape index (κ3) is 2.48. The summed E-state index contributed by atoms with van der Waals surface area (Å²) in [4.78, 5) is 4.00. The third-order valence-electron chi connectivity index (χ3n) is 1.38. The Morgan fingerprint density at radius 1 is 1.55 bits per heavy atom. The number of pyridine rings is 1. The largest absolute Gasteiger partial charge is 0.396 e. The lowest BCUT2D eigenvalue weighted by Gasteiger charge is -1.99. The van der Waals surface area contributed by atoms with Gasteiger partial charge in [-0.1, -0.05) is 11.6 Å². The van der Waals surface area contributed by atoms with Crippen LogP contribution in [0.4, 0.5) is 0 Å². The van der Waals surface area contributed by atoms with E-state index in [2.05, 4.69) is 4.98 Å². The molecule has 0 saturated carbocycles. The van der Waals surface area contributed by atoms with Gasteiger partial charge in [0.1, 0.15) is 5.15 Å². The summed E-state index contributed by atoms with van der Waals surface area (Å²) in [5.74, 6) is 0. The lowest BCUT2D eigenvalue weighted by Crippen LogP contribution is -1.92. The van der Waals surface area contributed by atoms with Crippen molar-refractivity contribution in [1.29, 1.82) is 0 Å². The molecule has 2 nitrogen and oxygen atoms in total. The van der Waals surface area contributed by atoms with Crippen LogP contribution in [-0.4, -0.2) is 16.7 Å². The second-order valence-electron chi connectivity index (χ2n) is 2.41. The summed E-state index contributed by atoms with van der Waals surface area (Å²) in [6.07, 6.45) is 0.642. The average Bonchev–Trinajstić information content (AvgIpc) is 1.85. The van der Waals surface area contributed by atoms with Crippen LogP contribution < -0.4 is 0 Å². The molecule has 0 saturated heterocycles. The molecule has 1 N–H and O–H groups in total. The monoisotopic (exact) mass is 171 g/mol. The fourth-order valence-electron chi connectivity index (χ4n) is 0.969. The van der Waals surface area contributed by atoms with Crippen molar-refractivity contribution >= 4 is 11.6 Å². The van der Waals surface area contributed by atoms with Gasteiger partial charge >= 0.3 is 0 Å². The molecular formula is C8H10ClNO. The molecule has 11 heavy (non-hydrogen) atoms. The molecule has 60 valence electrons. The number of aromatic nitrogens is 1. The van der Waals surface area contributed by atoms with Gasteiger partial charge in [0.2, 0.25) is 0 Å². The van der Waals surface area contributed by atoms with Crippen molar-refractivity contribution in [2.24, 2.45) is 0 Å². The SMILES string of the molecule is Cc1cc(CCO)cc(Cl)n1. The van der Waals surface area contributed by atoms with E-state index in [1.165, 1.54) is 0 Å². The van der Waals surface area contributed by atoms with Crippen LogP contribution in [0.15, 0.2) is 12.1 Å². The van der Waals surface area contributed by atoms with Crippen molar-refractivity contribution in [1.82, 2.24) is 4.98 Å². The van der Waals surface area contributed by atoms with Crippen LogP contribution in [0.3, 0.4) is 0 Å². The lowest BCUT2D eigenvalue weighted by molar-refractivity contribution is 0.299. The second kappa shape index (κ2) is 3.69. The molecular weight excluding hydrogens is 162 g/mol. The maximum atomic E-state index is 8.64. The molecule has 1 heterocycles. The second-order valence-corrected chi connectivity index (χ2v) is 2.80. The van der Waals surface area contributed by atoms with E-state index in [0.29, 0.717) is 11.6 Å². The van der Waals surface area contributed by atoms with Crippen LogP contribution in [0.1, 0.15) is 11.3 Å². The molecule has 0 aliphatic carbocycles. The molecule has 0 radical (unpaired) electrons. The van der Waals surface area contributed by atoms with Gasteiger partial charge in [-0.2, -0.15) is 0 Å². The minimum absolute atomic E-state index is 0.153. The topological polar surface area (TPSA) is 33.1 Å². The molecule has 0 spiro atoms. The van der Waals surface area contributed by atoms with E-state index >= 15 is 0 Å². The van der Waals surface area contributed by atoms with Gasteiger partial charge in [0.25, 0.3) is 0 Å². The van der Waals surface area contributed by atoms with E-state index in [4.69, 9.17) is 16.7 Å². The quantitative estimate of drug-likeness (QED) is 0.686. The van der Waals surface area contributed by atoms with Crippen molar-refractivity contribution in [3.8, 4) is 0 Å². The van der Waals surface area contributed by atoms with Gasteiger partial charge in [-0.25, -0.2) is 4.98 Å². The van der Waals surface area contributed by atoms with Crippen LogP contribution >= 0.6 is 11.6 Å². The van der Waals surface area contributed by atoms with Gasteiger partial charge in [0.05, 0.1) is 0 Å². The molecule has 0 fully saturated rings. The Bertz CT molecular complexity index is 230. The smallest absolute Gasteiger partial charge is 0.129 e. The van der Waals surface area contributed by atoms with Gasteiger partial charge in [0.15, 0.2) is 0 Å². The number of halogens is 1. The first-order chi connectivity index (χ1) is 5.22. The molecule has 0 aliphatic heterocycles. The molecule has 1 rings (SSSR count). The van der Waals surface area contributed by atoms with Crippen LogP contribution in [0.5, 0.6) is 0 Å². The van der Waals surface area contributed by atoms with Gasteiger partial charge in [-0.05, 0) is 31.0 Å². The summed E-state index contributed by atoms with van der Waals surface area (Å²) in [7, 11) is 0. The molecule has 0 aliphatic rings. The number of nitrogens with zero attached hydrogens (tertiary/aromatic N) is 1. The normalized spacial score (nSPS) is 10.1. The molecule has 0 bridgehead atoms. The number of rotatable bonds is 2. The molecule has 0 atom stereocenters. The van der Waals surface area contributed by atoms with Gasteiger partial charge in [-0.3, -0.25) is 0 Å². The van der Waals surface area contributed by atoms with Crippen molar-refractivity contribution in [2.75, 3.05) is 6.61 Å². The molecule has 1 aromatic rings. The van der Waals surface area contributed by atoms with Crippen molar-refractivity contribution in [3.63, 3.8) is 0 Å². The molecule has 0 amide bonds. The molecule has 0 aromatic carbocycles. The Kier molecular flexibility index (Phi) is 2.85. The minimum Gasteiger partial charge on any atom is -0.396 e. The van der Waals surface area contributed by atoms with Crippen LogP contribution in [0.25, 0.3) is 0 Å². The summed E-state index contributed by atoms with van der Waals surface area (Å²) in [5, 5.41) is 9.13. The van der Waals surface area contributed by atoms with Crippen molar-refractivity contribution in [2.45, 2.75) is 13.3 Å². The standard InChI is InChI=1S/C8H10ClNO/c1-6-4-7(2-3-11)5-8(9)10-6/h4-5,11H,2-3H2,1H3. The van der Waals surface area contributed by atoms with Crippen molar-refractivity contribution in [3.05, 3.63) is 28.5 Å². The first kappa shape index (κ1) is 8.50. The van der Waals surface area contributed by atoms with Crippen molar-refractivity contribution < 1.29 is 5.11 Å². The van der Waals surface area contributed by atoms with Gasteiger partial charge < -0.3 is 5.11 Å². The Morgan fingerprint density at radius 2 is 2.27 bits per heavy atom. The first-order valence-corrected chi connectivity index (χ1v) is 3.84. The van der Waals surface area contributed by atoms with E-state index in [1.807, 2.05) is 13.0 Å². The summed E-state index contributed by atoms with van der Waals surface area (Å²) in [6.45, 7) is 2.03. The zero-order valence-corrected chi connectivity index (χ0v) is 7.10. The summed E-state index contributed by atoms with van der Waals surface area (Å²) in [5.41, 5.74) is 1.92. The number of aliphatic hydroxyl groups is 1. The van der Waals surface area contributed by atoms with Crippen LogP contribution in [0, 0.1) is 6.92 Å². The van der Waals surface area contributed by atoms with E-state index in [1.54, 1.807) is 6.07 Å². The maximum Gasteiger partial charge on any atom is 0.129 e. The zero-order chi connectivity index (χ0) is 8.27. The molecule has 0 unspecified atom stereocenters. The fourth-order valence-corrected chi connectivity index (χ4v) is 1.24. The predicted octanol–water partition coefficient (Wildman–Crippen LogP) is 1.58. The summed E-state index contributed by atoms with van der Waals surface area (Å²) < 4.78 is 0. The zero-order valence-electron chi connectivity index (χ0n) is 6.34. The fraction of sp³-hybridized carbons (Fsp3) is 0.375. The number of aliphatic hydroxyl groups excluding tert-OH is 1. The van der Waals surface area contributed by atoms with E-state index in [9.17, 15) is 0 Å². The average molecular weight is 172 g/mol. The Morgan fingerprint density at radius 3 is 2.82 bits per heavy atom. The van der Waals surface area contributed by atoms with E-state index in [-0.39, 0.29) is 6.61 Å². The summed E-state index contributed by atoms with van der Waals surface area (Å²) in [6, 6.07) is 3.69. The van der Waals surface area contributed by atoms with Gasteiger partial charge in [0, 0.05) is 12.3 Å². The molecule has 1 aromatic heterocycles. The Balaban J connectivity index is 2.89. The van der Waals surface area contributed by atoms with Gasteiger partial charge in [-0.15, -0.1) is 0 Å². The third-order valence-corrected chi connectivity index (χ3v) is 1.58. The van der Waals surface area contributed by atoms with E-state index < -0.39 is 0 Å². The highest BCUT2D eigenvalue weighted by molar-refractivity contribution is 6.29. The lowest BCUT2D eigenvalue weighted by atomic mass is 10.2. The van der Waals surface area contributed by atoms with E-state index in [0.717, 1.165) is 11.3 Å². The summed E-state index contributed by atoms with van der Waals surface area (Å²) >= 11 is 5.69.